The smallest absolute Gasteiger partial charge is 0.231 e. The summed E-state index contributed by atoms with van der Waals surface area (Å²) in [4.78, 5) is 49.4. The number of aliphatic hydroxyl groups is 2. The topological polar surface area (TPSA) is 164 Å². The second kappa shape index (κ2) is 23.7. The molecular weight excluding hydrogens is 788 g/mol. The number of methoxy groups -OCH3 is 6. The maximum absolute atomic E-state index is 14.9. The summed E-state index contributed by atoms with van der Waals surface area (Å²) in [6, 6.07) is 20.3. The third kappa shape index (κ3) is 13.6. The number of ether oxygens (including phenoxy) is 6. The predicted molar refractivity (Wildman–Crippen MR) is 232 cm³/mol. The fraction of sp³-hybridized carbons (Fsp3) is 0.250. The number of carbonyl (C=O) groups is 4. The van der Waals surface area contributed by atoms with Crippen molar-refractivity contribution < 1.29 is 62.2 Å². The van der Waals surface area contributed by atoms with Crippen LogP contribution in [0.2, 0.25) is 0 Å². The molecule has 2 unspecified atom stereocenters. The Kier molecular flexibility index (Phi) is 18.8. The van der Waals surface area contributed by atoms with Crippen LogP contribution in [0.4, 0.5) is 4.39 Å². The Labute approximate surface area is 355 Å². The van der Waals surface area contributed by atoms with Gasteiger partial charge in [-0.25, -0.2) is 4.39 Å². The molecule has 0 heterocycles. The lowest BCUT2D eigenvalue weighted by molar-refractivity contribution is -0.136. The van der Waals surface area contributed by atoms with Crippen molar-refractivity contribution in [1.29, 1.82) is 0 Å². The maximum atomic E-state index is 14.9. The molecule has 0 bridgehead atoms. The normalized spacial score (nSPS) is 12.7. The van der Waals surface area contributed by atoms with Gasteiger partial charge in [0.1, 0.15) is 11.5 Å². The van der Waals surface area contributed by atoms with Crippen molar-refractivity contribution in [1.82, 2.24) is 0 Å². The van der Waals surface area contributed by atoms with Gasteiger partial charge in [0.25, 0.3) is 0 Å². The summed E-state index contributed by atoms with van der Waals surface area (Å²) in [7, 11) is 9.07. The molecule has 13 heteroatoms. The van der Waals surface area contributed by atoms with E-state index >= 15 is 0 Å². The van der Waals surface area contributed by atoms with E-state index in [4.69, 9.17) is 28.4 Å². The average Bonchev–Trinajstić information content (AvgIpc) is 3.29. The molecule has 2 atom stereocenters. The van der Waals surface area contributed by atoms with Gasteiger partial charge in [0.2, 0.25) is 17.2 Å². The van der Waals surface area contributed by atoms with Crippen LogP contribution in [0.5, 0.6) is 34.5 Å². The van der Waals surface area contributed by atoms with E-state index in [2.05, 4.69) is 0 Å². The first-order valence-corrected chi connectivity index (χ1v) is 18.8. The van der Waals surface area contributed by atoms with Crippen LogP contribution in [0, 0.1) is 5.92 Å². The monoisotopic (exact) mass is 838 g/mol. The molecule has 0 radical (unpaired) electrons. The third-order valence-electron chi connectivity index (χ3n) is 9.28. The molecule has 0 spiro atoms. The van der Waals surface area contributed by atoms with Crippen molar-refractivity contribution >= 4 is 47.4 Å². The molecule has 4 rings (SSSR count). The minimum atomic E-state index is -2.73. The van der Waals surface area contributed by atoms with Crippen LogP contribution in [-0.4, -0.2) is 81.7 Å². The lowest BCUT2D eigenvalue weighted by Crippen LogP contribution is -2.37. The van der Waals surface area contributed by atoms with Gasteiger partial charge in [-0.05, 0) is 109 Å². The number of aliphatic hydroxyl groups excluding tert-OH is 2. The van der Waals surface area contributed by atoms with Gasteiger partial charge in [-0.15, -0.1) is 0 Å². The fourth-order valence-corrected chi connectivity index (χ4v) is 5.53. The fourth-order valence-electron chi connectivity index (χ4n) is 5.53. The van der Waals surface area contributed by atoms with Crippen LogP contribution in [-0.2, 0) is 32.4 Å². The number of carbonyl (C=O) groups excluding carboxylic acids is 4. The Morgan fingerprint density at radius 3 is 1.11 bits per heavy atom. The molecule has 0 aliphatic carbocycles. The first-order chi connectivity index (χ1) is 29.2. The van der Waals surface area contributed by atoms with Gasteiger partial charge < -0.3 is 38.6 Å². The molecular formula is C48H51FO12. The van der Waals surface area contributed by atoms with E-state index in [1.807, 2.05) is 0 Å². The summed E-state index contributed by atoms with van der Waals surface area (Å²) in [6.45, 7) is 2.07. The van der Waals surface area contributed by atoms with E-state index in [-0.39, 0.29) is 24.8 Å². The highest BCUT2D eigenvalue weighted by Gasteiger charge is 2.37. The van der Waals surface area contributed by atoms with E-state index in [1.54, 1.807) is 99.0 Å². The van der Waals surface area contributed by atoms with Crippen molar-refractivity contribution in [3.63, 3.8) is 0 Å². The average molecular weight is 839 g/mol. The molecule has 0 saturated carbocycles. The number of hydrogen-bond donors (Lipinski definition) is 2. The zero-order chi connectivity index (χ0) is 45.1. The molecule has 0 amide bonds. The Bertz CT molecular complexity index is 2130. The lowest BCUT2D eigenvalue weighted by Gasteiger charge is -2.13. The summed E-state index contributed by atoms with van der Waals surface area (Å²) < 4.78 is 45.9. The number of alkyl halides is 1. The van der Waals surface area contributed by atoms with Crippen molar-refractivity contribution in [3.8, 4) is 34.5 Å². The molecule has 322 valence electrons. The largest absolute Gasteiger partial charge is 0.496 e. The standard InChI is InChI=1S/C24H25FO6.C24H26O6/c1-24(25,22(27)11-7-16-5-9-19(29-2)18(13-16)15-26)23(28)12-8-17-6-10-20(30-3)21(14-17)31-4;1-16(20(26)9-5-17-7-11-22(28-2)19(13-17)15-25)21(27)10-6-18-8-12-23(29-3)24(14-18)30-4/h5-14,26H,15H2,1-4H3;5-14,16,25H,15H2,1-4H3/b11-7+,12-8+;9-5+,10-6+. The van der Waals surface area contributed by atoms with E-state index in [0.717, 1.165) is 30.2 Å². The van der Waals surface area contributed by atoms with Crippen molar-refractivity contribution in [2.75, 3.05) is 42.7 Å². The van der Waals surface area contributed by atoms with Gasteiger partial charge in [0.05, 0.1) is 61.8 Å². The Morgan fingerprint density at radius 2 is 0.803 bits per heavy atom. The van der Waals surface area contributed by atoms with Gasteiger partial charge in [0, 0.05) is 11.1 Å². The van der Waals surface area contributed by atoms with E-state index in [0.29, 0.717) is 56.8 Å². The number of rotatable bonds is 20. The predicted octanol–water partition coefficient (Wildman–Crippen LogP) is 7.50. The highest BCUT2D eigenvalue weighted by atomic mass is 19.1. The molecule has 0 aliphatic rings. The maximum Gasteiger partial charge on any atom is 0.231 e. The Balaban J connectivity index is 0.000000325. The number of benzene rings is 4. The first-order valence-electron chi connectivity index (χ1n) is 18.8. The molecule has 4 aromatic rings. The number of allylic oxidation sites excluding steroid dienone is 4. The summed E-state index contributed by atoms with van der Waals surface area (Å²) in [5, 5.41) is 18.8. The minimum absolute atomic E-state index is 0.172. The van der Waals surface area contributed by atoms with Crippen molar-refractivity contribution in [3.05, 3.63) is 130 Å². The zero-order valence-electron chi connectivity index (χ0n) is 35.4. The lowest BCUT2D eigenvalue weighted by atomic mass is 9.95. The van der Waals surface area contributed by atoms with Gasteiger partial charge in [-0.1, -0.05) is 48.6 Å². The molecule has 0 aliphatic heterocycles. The molecule has 2 N–H and O–H groups in total. The highest BCUT2D eigenvalue weighted by Crippen LogP contribution is 2.30. The second-order valence-corrected chi connectivity index (χ2v) is 13.3. The molecule has 0 fully saturated rings. The third-order valence-corrected chi connectivity index (χ3v) is 9.28. The van der Waals surface area contributed by atoms with Crippen molar-refractivity contribution in [2.24, 2.45) is 5.92 Å². The SMILES string of the molecule is COc1ccc(/C=C/C(=O)C(C)(F)C(=O)/C=C/c2ccc(OC)c(OC)c2)cc1CO.COc1ccc(/C=C/C(=O)C(C)C(=O)/C=C/c2ccc(OC)c(OC)c2)cc1CO. The van der Waals surface area contributed by atoms with Crippen LogP contribution in [0.1, 0.15) is 47.2 Å². The summed E-state index contributed by atoms with van der Waals surface area (Å²) >= 11 is 0. The van der Waals surface area contributed by atoms with E-state index in [1.165, 1.54) is 59.9 Å². The van der Waals surface area contributed by atoms with E-state index in [9.17, 15) is 33.8 Å². The number of hydrogen-bond acceptors (Lipinski definition) is 12. The van der Waals surface area contributed by atoms with E-state index < -0.39 is 23.2 Å². The van der Waals surface area contributed by atoms with Crippen LogP contribution in [0.15, 0.2) is 97.1 Å². The molecule has 12 nitrogen and oxygen atoms in total. The van der Waals surface area contributed by atoms with Gasteiger partial charge in [0.15, 0.2) is 34.6 Å². The van der Waals surface area contributed by atoms with Crippen LogP contribution >= 0.6 is 0 Å². The summed E-state index contributed by atoms with van der Waals surface area (Å²) in [5.74, 6) is -0.194. The highest BCUT2D eigenvalue weighted by molar-refractivity contribution is 6.19. The molecule has 4 aromatic carbocycles. The Hall–Kier alpha value is -6.83. The molecule has 0 saturated heterocycles. The van der Waals surface area contributed by atoms with Crippen LogP contribution in [0.3, 0.4) is 0 Å². The molecule has 61 heavy (non-hydrogen) atoms. The zero-order valence-corrected chi connectivity index (χ0v) is 35.4. The molecule has 0 aromatic heterocycles. The van der Waals surface area contributed by atoms with Crippen molar-refractivity contribution in [2.45, 2.75) is 32.7 Å². The van der Waals surface area contributed by atoms with Gasteiger partial charge >= 0.3 is 0 Å². The number of ketones is 4. The Morgan fingerprint density at radius 1 is 0.508 bits per heavy atom. The summed E-state index contributed by atoms with van der Waals surface area (Å²) in [6.07, 6.45) is 10.8. The van der Waals surface area contributed by atoms with Crippen LogP contribution in [0.25, 0.3) is 24.3 Å². The quantitative estimate of drug-likeness (QED) is 0.0667. The second-order valence-electron chi connectivity index (χ2n) is 13.3. The van der Waals surface area contributed by atoms with Gasteiger partial charge in [-0.3, -0.25) is 19.2 Å². The van der Waals surface area contributed by atoms with Crippen LogP contribution < -0.4 is 28.4 Å². The summed E-state index contributed by atoms with van der Waals surface area (Å²) in [5.41, 5.74) is 1.04. The number of halogens is 1. The minimum Gasteiger partial charge on any atom is -0.496 e. The first kappa shape index (κ1) is 48.5. The van der Waals surface area contributed by atoms with Gasteiger partial charge in [-0.2, -0.15) is 0 Å².